The third kappa shape index (κ3) is 2.40. The molecule has 19 heavy (non-hydrogen) atoms. The van der Waals surface area contributed by atoms with Gasteiger partial charge in [-0.25, -0.2) is 9.97 Å². The summed E-state index contributed by atoms with van der Waals surface area (Å²) < 4.78 is 39.2. The topological polar surface area (TPSA) is 42.7 Å². The minimum atomic E-state index is -4.34. The van der Waals surface area contributed by atoms with Crippen molar-refractivity contribution in [1.29, 1.82) is 0 Å². The van der Waals surface area contributed by atoms with Crippen LogP contribution in [0.2, 0.25) is 0 Å². The maximum absolute atomic E-state index is 12.4. The van der Waals surface area contributed by atoms with E-state index in [4.69, 9.17) is 0 Å². The van der Waals surface area contributed by atoms with Gasteiger partial charge in [0.15, 0.2) is 0 Å². The van der Waals surface area contributed by atoms with Crippen molar-refractivity contribution in [3.8, 4) is 0 Å². The number of nitrogens with one attached hydrogen (secondary N) is 1. The van der Waals surface area contributed by atoms with E-state index in [2.05, 4.69) is 15.3 Å². The normalized spacial score (nSPS) is 18.4. The molecule has 2 aromatic rings. The van der Waals surface area contributed by atoms with E-state index < -0.39 is 11.7 Å². The quantitative estimate of drug-likeness (QED) is 0.909. The van der Waals surface area contributed by atoms with Crippen molar-refractivity contribution in [2.45, 2.75) is 25.2 Å². The molecule has 0 unspecified atom stereocenters. The van der Waals surface area contributed by atoms with Gasteiger partial charge in [0.05, 0.1) is 17.9 Å². The zero-order valence-corrected chi connectivity index (χ0v) is 9.85. The summed E-state index contributed by atoms with van der Waals surface area (Å²) in [4.78, 5) is 7.82. The van der Waals surface area contributed by atoms with Crippen LogP contribution in [-0.2, 0) is 19.1 Å². The van der Waals surface area contributed by atoms with Gasteiger partial charge >= 0.3 is 6.18 Å². The Labute approximate surface area is 107 Å². The van der Waals surface area contributed by atoms with E-state index in [0.717, 1.165) is 30.9 Å². The number of rotatable bonds is 2. The molecule has 1 atom stereocenters. The van der Waals surface area contributed by atoms with Crippen molar-refractivity contribution in [1.82, 2.24) is 14.5 Å². The Hall–Kier alpha value is -2.05. The van der Waals surface area contributed by atoms with E-state index in [1.165, 1.54) is 6.07 Å². The Balaban J connectivity index is 1.67. The fourth-order valence-electron chi connectivity index (χ4n) is 2.19. The minimum absolute atomic E-state index is 0.141. The number of halogens is 3. The third-order valence-corrected chi connectivity index (χ3v) is 3.11. The first-order chi connectivity index (χ1) is 9.02. The molecule has 0 radical (unpaired) electrons. The van der Waals surface area contributed by atoms with Crippen molar-refractivity contribution < 1.29 is 13.2 Å². The molecule has 0 saturated heterocycles. The van der Waals surface area contributed by atoms with Crippen molar-refractivity contribution in [3.63, 3.8) is 0 Å². The molecule has 0 bridgehead atoms. The van der Waals surface area contributed by atoms with Crippen molar-refractivity contribution >= 4 is 5.82 Å². The van der Waals surface area contributed by atoms with Crippen LogP contribution in [0, 0.1) is 0 Å². The summed E-state index contributed by atoms with van der Waals surface area (Å²) in [5, 5.41) is 3.13. The molecule has 0 aromatic carbocycles. The van der Waals surface area contributed by atoms with Crippen LogP contribution in [0.1, 0.15) is 11.3 Å². The number of alkyl halides is 3. The predicted octanol–water partition coefficient (Wildman–Crippen LogP) is 2.33. The lowest BCUT2D eigenvalue weighted by atomic mass is 10.2. The number of hydrogen-bond acceptors (Lipinski definition) is 3. The van der Waals surface area contributed by atoms with E-state index in [-0.39, 0.29) is 6.04 Å². The number of imidazole rings is 1. The van der Waals surface area contributed by atoms with Crippen LogP contribution in [0.5, 0.6) is 0 Å². The summed E-state index contributed by atoms with van der Waals surface area (Å²) in [6.07, 6.45) is 0.837. The number of hydrogen-bond donors (Lipinski definition) is 1. The molecule has 0 fully saturated rings. The lowest BCUT2D eigenvalue weighted by Gasteiger charge is -2.13. The van der Waals surface area contributed by atoms with Gasteiger partial charge < -0.3 is 9.88 Å². The van der Waals surface area contributed by atoms with Crippen molar-refractivity contribution in [3.05, 3.63) is 42.1 Å². The number of pyridine rings is 1. The lowest BCUT2D eigenvalue weighted by molar-refractivity contribution is -0.137. The number of fused-ring (bicyclic) bond motifs is 1. The first-order valence-electron chi connectivity index (χ1n) is 5.81. The van der Waals surface area contributed by atoms with Gasteiger partial charge in [-0.3, -0.25) is 0 Å². The Morgan fingerprint density at radius 3 is 2.74 bits per heavy atom. The summed E-state index contributed by atoms with van der Waals surface area (Å²) >= 11 is 0. The maximum Gasteiger partial charge on any atom is 0.417 e. The summed E-state index contributed by atoms with van der Waals surface area (Å²) in [5.74, 6) is 0.455. The van der Waals surface area contributed by atoms with E-state index >= 15 is 0 Å². The molecule has 2 aromatic heterocycles. The predicted molar refractivity (Wildman–Crippen MR) is 62.6 cm³/mol. The van der Waals surface area contributed by atoms with Crippen LogP contribution in [0.25, 0.3) is 0 Å². The smallest absolute Gasteiger partial charge is 0.365 e. The van der Waals surface area contributed by atoms with Gasteiger partial charge in [0, 0.05) is 31.1 Å². The number of nitrogens with zero attached hydrogens (tertiary/aromatic N) is 3. The highest BCUT2D eigenvalue weighted by molar-refractivity contribution is 5.38. The summed E-state index contributed by atoms with van der Waals surface area (Å²) in [7, 11) is 0. The molecule has 3 heterocycles. The number of anilines is 1. The van der Waals surface area contributed by atoms with Crippen LogP contribution in [-0.4, -0.2) is 20.6 Å². The van der Waals surface area contributed by atoms with Crippen molar-refractivity contribution in [2.75, 3.05) is 5.32 Å². The molecule has 0 aliphatic carbocycles. The highest BCUT2D eigenvalue weighted by Crippen LogP contribution is 2.29. The minimum Gasteiger partial charge on any atom is -0.365 e. The molecule has 1 aliphatic rings. The van der Waals surface area contributed by atoms with Gasteiger partial charge in [-0.05, 0) is 12.1 Å². The Morgan fingerprint density at radius 1 is 1.26 bits per heavy atom. The second-order valence-corrected chi connectivity index (χ2v) is 4.51. The Bertz CT molecular complexity index is 553. The monoisotopic (exact) mass is 268 g/mol. The second kappa shape index (κ2) is 4.25. The number of aromatic nitrogens is 3. The van der Waals surface area contributed by atoms with E-state index in [0.29, 0.717) is 5.82 Å². The second-order valence-electron chi connectivity index (χ2n) is 4.51. The first-order valence-corrected chi connectivity index (χ1v) is 5.81. The van der Waals surface area contributed by atoms with Gasteiger partial charge in [0.25, 0.3) is 0 Å². The van der Waals surface area contributed by atoms with E-state index in [1.54, 1.807) is 12.5 Å². The van der Waals surface area contributed by atoms with Gasteiger partial charge in [0.2, 0.25) is 0 Å². The molecule has 3 rings (SSSR count). The standard InChI is InChI=1S/C12H11F3N4/c13-12(14,15)8-1-2-11(17-4-8)18-9-3-10-5-16-7-19(10)6-9/h1-2,4-5,7,9H,3,6H2,(H,17,18)/t9-/m1/s1. The van der Waals surface area contributed by atoms with Crippen LogP contribution < -0.4 is 5.32 Å². The van der Waals surface area contributed by atoms with E-state index in [9.17, 15) is 13.2 Å². The van der Waals surface area contributed by atoms with E-state index in [1.807, 2.05) is 4.57 Å². The summed E-state index contributed by atoms with van der Waals surface area (Å²) in [5.41, 5.74) is 0.379. The largest absolute Gasteiger partial charge is 0.417 e. The molecular weight excluding hydrogens is 257 g/mol. The molecule has 100 valence electrons. The molecule has 7 heteroatoms. The molecule has 0 saturated carbocycles. The van der Waals surface area contributed by atoms with Gasteiger partial charge in [0.1, 0.15) is 5.82 Å². The van der Waals surface area contributed by atoms with Gasteiger partial charge in [-0.1, -0.05) is 0 Å². The maximum atomic E-state index is 12.4. The van der Waals surface area contributed by atoms with Gasteiger partial charge in [-0.2, -0.15) is 13.2 Å². The van der Waals surface area contributed by atoms with Crippen molar-refractivity contribution in [2.24, 2.45) is 0 Å². The van der Waals surface area contributed by atoms with Crippen LogP contribution in [0.15, 0.2) is 30.9 Å². The molecule has 4 nitrogen and oxygen atoms in total. The fraction of sp³-hybridized carbons (Fsp3) is 0.333. The summed E-state index contributed by atoms with van der Waals surface area (Å²) in [6.45, 7) is 0.748. The zero-order chi connectivity index (χ0) is 13.5. The Kier molecular flexibility index (Phi) is 2.69. The highest BCUT2D eigenvalue weighted by atomic mass is 19.4. The molecule has 1 aliphatic heterocycles. The van der Waals surface area contributed by atoms with Crippen LogP contribution >= 0.6 is 0 Å². The first kappa shape index (κ1) is 12.0. The lowest BCUT2D eigenvalue weighted by Crippen LogP contribution is -2.21. The molecule has 0 spiro atoms. The highest BCUT2D eigenvalue weighted by Gasteiger charge is 2.30. The molecule has 1 N–H and O–H groups in total. The third-order valence-electron chi connectivity index (χ3n) is 3.11. The average molecular weight is 268 g/mol. The van der Waals surface area contributed by atoms with Gasteiger partial charge in [-0.15, -0.1) is 0 Å². The molecule has 0 amide bonds. The fourth-order valence-corrected chi connectivity index (χ4v) is 2.19. The average Bonchev–Trinajstić information content (AvgIpc) is 2.89. The van der Waals surface area contributed by atoms with Crippen LogP contribution in [0.4, 0.5) is 19.0 Å². The summed E-state index contributed by atoms with van der Waals surface area (Å²) in [6, 6.07) is 2.53. The zero-order valence-electron chi connectivity index (χ0n) is 9.85. The molecular formula is C12H11F3N4. The van der Waals surface area contributed by atoms with Crippen LogP contribution in [0.3, 0.4) is 0 Å². The SMILES string of the molecule is FC(F)(F)c1ccc(N[C@@H]2Cc3cncn3C2)nc1. The Morgan fingerprint density at radius 2 is 2.11 bits per heavy atom.